The van der Waals surface area contributed by atoms with Crippen molar-refractivity contribution < 1.29 is 9.16 Å². The van der Waals surface area contributed by atoms with E-state index in [4.69, 9.17) is 9.16 Å². The zero-order valence-electron chi connectivity index (χ0n) is 20.3. The fourth-order valence-electron chi connectivity index (χ4n) is 3.89. The van der Waals surface area contributed by atoms with E-state index in [1.807, 2.05) is 10.9 Å². The van der Waals surface area contributed by atoms with E-state index in [1.165, 1.54) is 9.13 Å². The van der Waals surface area contributed by atoms with E-state index in [0.717, 1.165) is 29.8 Å². The number of hydrogen-bond donors (Lipinski definition) is 1. The number of benzene rings is 1. The SMILES string of the molecule is CC[C@H]1O[C@@H](n2cnc3c(NCc4ccc(I)cc4)ncnc32)CC1O[Si](C)(C)C(C)(C)C. The van der Waals surface area contributed by atoms with Gasteiger partial charge in [-0.05, 0) is 64.8 Å². The minimum Gasteiger partial charge on any atom is -0.411 e. The summed E-state index contributed by atoms with van der Waals surface area (Å²) in [6.07, 6.45) is 5.13. The van der Waals surface area contributed by atoms with Gasteiger partial charge in [0.1, 0.15) is 12.6 Å². The van der Waals surface area contributed by atoms with Gasteiger partial charge in [-0.1, -0.05) is 39.8 Å². The number of aromatic nitrogens is 4. The van der Waals surface area contributed by atoms with Gasteiger partial charge in [0.25, 0.3) is 0 Å². The zero-order valence-corrected chi connectivity index (χ0v) is 23.5. The Labute approximate surface area is 211 Å². The minimum absolute atomic E-state index is 0.0712. The van der Waals surface area contributed by atoms with Crippen molar-refractivity contribution in [1.29, 1.82) is 0 Å². The average molecular weight is 580 g/mol. The Hall–Kier alpha value is -1.56. The fourth-order valence-corrected chi connectivity index (χ4v) is 5.61. The van der Waals surface area contributed by atoms with E-state index in [2.05, 4.69) is 108 Å². The van der Waals surface area contributed by atoms with Crippen LogP contribution in [-0.2, 0) is 15.7 Å². The fraction of sp³-hybridized carbons (Fsp3) is 0.542. The van der Waals surface area contributed by atoms with Gasteiger partial charge >= 0.3 is 0 Å². The van der Waals surface area contributed by atoms with Gasteiger partial charge in [0, 0.05) is 16.5 Å². The van der Waals surface area contributed by atoms with Crippen LogP contribution in [0.1, 0.15) is 52.3 Å². The van der Waals surface area contributed by atoms with Crippen LogP contribution in [0.4, 0.5) is 5.82 Å². The summed E-state index contributed by atoms with van der Waals surface area (Å²) in [5.74, 6) is 0.733. The van der Waals surface area contributed by atoms with Crippen LogP contribution in [0.3, 0.4) is 0 Å². The lowest BCUT2D eigenvalue weighted by Gasteiger charge is -2.39. The summed E-state index contributed by atoms with van der Waals surface area (Å²) in [5, 5.41) is 3.58. The molecule has 3 atom stereocenters. The first kappa shape index (κ1) is 24.6. The molecule has 9 heteroatoms. The van der Waals surface area contributed by atoms with Crippen LogP contribution in [0.2, 0.25) is 18.1 Å². The Morgan fingerprint density at radius 1 is 1.18 bits per heavy atom. The van der Waals surface area contributed by atoms with Crippen molar-refractivity contribution in [2.75, 3.05) is 5.32 Å². The maximum Gasteiger partial charge on any atom is 0.192 e. The van der Waals surface area contributed by atoms with Crippen molar-refractivity contribution in [3.63, 3.8) is 0 Å². The summed E-state index contributed by atoms with van der Waals surface area (Å²) < 4.78 is 16.5. The van der Waals surface area contributed by atoms with E-state index in [1.54, 1.807) is 6.33 Å². The van der Waals surface area contributed by atoms with Crippen LogP contribution in [0.15, 0.2) is 36.9 Å². The van der Waals surface area contributed by atoms with Crippen molar-refractivity contribution in [2.45, 2.75) is 83.6 Å². The number of imidazole rings is 1. The van der Waals surface area contributed by atoms with Crippen molar-refractivity contribution >= 4 is 47.9 Å². The Morgan fingerprint density at radius 2 is 1.91 bits per heavy atom. The van der Waals surface area contributed by atoms with Crippen LogP contribution in [-0.4, -0.2) is 40.0 Å². The highest BCUT2D eigenvalue weighted by Crippen LogP contribution is 2.42. The average Bonchev–Trinajstić information content (AvgIpc) is 3.36. The van der Waals surface area contributed by atoms with Gasteiger partial charge in [-0.2, -0.15) is 0 Å². The summed E-state index contributed by atoms with van der Waals surface area (Å²) in [6, 6.07) is 8.44. The molecule has 3 aromatic rings. The Balaban J connectivity index is 1.53. The summed E-state index contributed by atoms with van der Waals surface area (Å²) in [7, 11) is -1.89. The molecule has 4 rings (SSSR count). The molecule has 0 bridgehead atoms. The Bertz CT molecular complexity index is 1100. The molecular weight excluding hydrogens is 545 g/mol. The van der Waals surface area contributed by atoms with Gasteiger partial charge in [0.2, 0.25) is 0 Å². The van der Waals surface area contributed by atoms with Crippen molar-refractivity contribution in [3.8, 4) is 0 Å². The molecule has 1 aliphatic rings. The van der Waals surface area contributed by atoms with Crippen molar-refractivity contribution in [3.05, 3.63) is 46.1 Å². The van der Waals surface area contributed by atoms with Gasteiger partial charge in [-0.15, -0.1) is 0 Å². The Kier molecular flexibility index (Phi) is 7.14. The molecule has 1 unspecified atom stereocenters. The first-order chi connectivity index (χ1) is 15.6. The third-order valence-electron chi connectivity index (χ3n) is 6.88. The van der Waals surface area contributed by atoms with Crippen LogP contribution in [0.5, 0.6) is 0 Å². The molecule has 1 fully saturated rings. The molecule has 0 radical (unpaired) electrons. The first-order valence-corrected chi connectivity index (χ1v) is 15.6. The van der Waals surface area contributed by atoms with Gasteiger partial charge in [-0.3, -0.25) is 4.57 Å². The van der Waals surface area contributed by atoms with E-state index in [9.17, 15) is 0 Å². The Morgan fingerprint density at radius 3 is 2.58 bits per heavy atom. The minimum atomic E-state index is -1.89. The first-order valence-electron chi connectivity index (χ1n) is 11.6. The molecule has 2 aromatic heterocycles. The quantitative estimate of drug-likeness (QED) is 0.268. The zero-order chi connectivity index (χ0) is 23.8. The standard InChI is InChI=1S/C24H34IN5O2Si/c1-7-18-19(32-33(5,6)24(2,3)4)12-20(31-18)30-15-29-21-22(27-14-28-23(21)30)26-13-16-8-10-17(25)11-9-16/h8-11,14-15,18-20H,7,12-13H2,1-6H3,(H,26,27,28)/t18-,19?,20-/m1/s1. The van der Waals surface area contributed by atoms with E-state index < -0.39 is 8.32 Å². The second-order valence-corrected chi connectivity index (χ2v) is 16.2. The maximum absolute atomic E-state index is 6.76. The number of nitrogens with one attached hydrogen (secondary N) is 1. The molecule has 1 aliphatic heterocycles. The van der Waals surface area contributed by atoms with E-state index >= 15 is 0 Å². The number of nitrogens with zero attached hydrogens (tertiary/aromatic N) is 4. The van der Waals surface area contributed by atoms with E-state index in [0.29, 0.717) is 6.54 Å². The smallest absolute Gasteiger partial charge is 0.192 e. The third kappa shape index (κ3) is 5.26. The largest absolute Gasteiger partial charge is 0.411 e. The molecule has 0 amide bonds. The highest BCUT2D eigenvalue weighted by atomic mass is 127. The predicted octanol–water partition coefficient (Wildman–Crippen LogP) is 6.13. The molecule has 7 nitrogen and oxygen atoms in total. The molecule has 0 saturated carbocycles. The summed E-state index contributed by atoms with van der Waals surface area (Å²) in [4.78, 5) is 13.6. The number of ether oxygens (including phenoxy) is 1. The molecule has 0 spiro atoms. The molecule has 3 heterocycles. The van der Waals surface area contributed by atoms with Crippen molar-refractivity contribution in [1.82, 2.24) is 19.5 Å². The van der Waals surface area contributed by atoms with E-state index in [-0.39, 0.29) is 23.5 Å². The predicted molar refractivity (Wildman–Crippen MR) is 143 cm³/mol. The summed E-state index contributed by atoms with van der Waals surface area (Å²) in [6.45, 7) is 14.3. The highest BCUT2D eigenvalue weighted by molar-refractivity contribution is 14.1. The molecule has 0 aliphatic carbocycles. The highest BCUT2D eigenvalue weighted by Gasteiger charge is 2.44. The molecule has 1 N–H and O–H groups in total. The lowest BCUT2D eigenvalue weighted by molar-refractivity contribution is -0.0162. The number of anilines is 1. The lowest BCUT2D eigenvalue weighted by Crippen LogP contribution is -2.45. The third-order valence-corrected chi connectivity index (χ3v) is 12.1. The van der Waals surface area contributed by atoms with Gasteiger partial charge in [0.05, 0.1) is 18.5 Å². The van der Waals surface area contributed by atoms with Crippen molar-refractivity contribution in [2.24, 2.45) is 0 Å². The molecule has 1 aromatic carbocycles. The van der Waals surface area contributed by atoms with Gasteiger partial charge in [0.15, 0.2) is 25.3 Å². The van der Waals surface area contributed by atoms with Crippen LogP contribution >= 0.6 is 22.6 Å². The molecule has 33 heavy (non-hydrogen) atoms. The number of hydrogen-bond acceptors (Lipinski definition) is 6. The van der Waals surface area contributed by atoms with Crippen LogP contribution in [0, 0.1) is 3.57 Å². The lowest BCUT2D eigenvalue weighted by atomic mass is 10.1. The summed E-state index contributed by atoms with van der Waals surface area (Å²) >= 11 is 2.31. The van der Waals surface area contributed by atoms with Gasteiger partial charge < -0.3 is 14.5 Å². The summed E-state index contributed by atoms with van der Waals surface area (Å²) in [5.41, 5.74) is 2.73. The monoisotopic (exact) mass is 579 g/mol. The molecule has 178 valence electrons. The van der Waals surface area contributed by atoms with Crippen LogP contribution in [0.25, 0.3) is 11.2 Å². The number of halogens is 1. The van der Waals surface area contributed by atoms with Crippen LogP contribution < -0.4 is 5.32 Å². The second-order valence-electron chi connectivity index (χ2n) is 10.2. The number of fused-ring (bicyclic) bond motifs is 1. The number of rotatable bonds is 7. The maximum atomic E-state index is 6.76. The molecule has 1 saturated heterocycles. The second kappa shape index (κ2) is 9.59. The normalized spacial score (nSPS) is 21.6. The molecular formula is C24H34IN5O2Si. The topological polar surface area (TPSA) is 74.1 Å². The van der Waals surface area contributed by atoms with Gasteiger partial charge in [-0.25, -0.2) is 15.0 Å².